The number of carbonyl (C=O) groups excluding carboxylic acids is 1. The molecule has 0 aliphatic heterocycles. The van der Waals surface area contributed by atoms with Crippen molar-refractivity contribution in [3.8, 4) is 0 Å². The van der Waals surface area contributed by atoms with Gasteiger partial charge < -0.3 is 5.32 Å². The van der Waals surface area contributed by atoms with Gasteiger partial charge in [0.2, 0.25) is 5.91 Å². The van der Waals surface area contributed by atoms with Gasteiger partial charge in [-0.15, -0.1) is 0 Å². The third kappa shape index (κ3) is 6.96. The highest BCUT2D eigenvalue weighted by Gasteiger charge is 2.15. The zero-order valence-electron chi connectivity index (χ0n) is 12.5. The van der Waals surface area contributed by atoms with Crippen LogP contribution in [-0.4, -0.2) is 46.2 Å². The quantitative estimate of drug-likeness (QED) is 0.787. The predicted octanol–water partition coefficient (Wildman–Crippen LogP) is 1.58. The van der Waals surface area contributed by atoms with Crippen molar-refractivity contribution in [2.75, 3.05) is 19.6 Å². The molecule has 1 rings (SSSR count). The fraction of sp³-hybridized carbons (Fsp3) is 0.714. The van der Waals surface area contributed by atoms with E-state index in [4.69, 9.17) is 0 Å². The number of nitrogens with zero attached hydrogens (tertiary/aromatic N) is 2. The fourth-order valence-corrected chi connectivity index (χ4v) is 1.93. The van der Waals surface area contributed by atoms with E-state index in [1.54, 1.807) is 0 Å². The largest absolute Gasteiger partial charge is 0.350 e. The van der Waals surface area contributed by atoms with Crippen LogP contribution in [0.4, 0.5) is 0 Å². The summed E-state index contributed by atoms with van der Waals surface area (Å²) >= 11 is 0. The Morgan fingerprint density at radius 1 is 1.47 bits per heavy atom. The zero-order valence-corrected chi connectivity index (χ0v) is 12.5. The second-order valence-corrected chi connectivity index (χ2v) is 5.88. The number of hydrogen-bond donors (Lipinski definition) is 2. The second-order valence-electron chi connectivity index (χ2n) is 5.88. The minimum atomic E-state index is -0.159. The van der Waals surface area contributed by atoms with E-state index in [0.717, 1.165) is 25.9 Å². The molecule has 0 aliphatic carbocycles. The molecule has 0 bridgehead atoms. The second kappa shape index (κ2) is 7.28. The number of aromatic amines is 1. The summed E-state index contributed by atoms with van der Waals surface area (Å²) in [6.07, 6.45) is 5.80. The summed E-state index contributed by atoms with van der Waals surface area (Å²) in [6, 6.07) is 0. The van der Waals surface area contributed by atoms with E-state index < -0.39 is 0 Å². The molecule has 0 aliphatic rings. The van der Waals surface area contributed by atoms with E-state index in [9.17, 15) is 4.79 Å². The minimum Gasteiger partial charge on any atom is -0.350 e. The molecule has 1 aromatic heterocycles. The molecule has 0 radical (unpaired) electrons. The molecule has 5 nitrogen and oxygen atoms in total. The van der Waals surface area contributed by atoms with Gasteiger partial charge in [-0.3, -0.25) is 14.8 Å². The van der Waals surface area contributed by atoms with Gasteiger partial charge in [0.05, 0.1) is 12.7 Å². The van der Waals surface area contributed by atoms with Crippen molar-refractivity contribution in [1.82, 2.24) is 20.4 Å². The first-order valence-electron chi connectivity index (χ1n) is 6.91. The lowest BCUT2D eigenvalue weighted by Gasteiger charge is -2.24. The van der Waals surface area contributed by atoms with Crippen LogP contribution in [0.25, 0.3) is 0 Å². The van der Waals surface area contributed by atoms with Crippen LogP contribution in [-0.2, 0) is 11.2 Å². The highest BCUT2D eigenvalue weighted by molar-refractivity contribution is 5.78. The van der Waals surface area contributed by atoms with Crippen LogP contribution in [0.2, 0.25) is 0 Å². The van der Waals surface area contributed by atoms with Gasteiger partial charge in [0.1, 0.15) is 0 Å². The number of H-pyrrole nitrogens is 1. The van der Waals surface area contributed by atoms with Crippen molar-refractivity contribution in [3.63, 3.8) is 0 Å². The van der Waals surface area contributed by atoms with Crippen LogP contribution >= 0.6 is 0 Å². The summed E-state index contributed by atoms with van der Waals surface area (Å²) in [5, 5.41) is 9.73. The maximum Gasteiger partial charge on any atom is 0.234 e. The molecule has 108 valence electrons. The number of aromatic nitrogens is 2. The highest BCUT2D eigenvalue weighted by atomic mass is 16.2. The Morgan fingerprint density at radius 2 is 2.21 bits per heavy atom. The summed E-state index contributed by atoms with van der Waals surface area (Å²) in [4.78, 5) is 14.0. The summed E-state index contributed by atoms with van der Waals surface area (Å²) in [5.74, 6) is 0.0951. The molecule has 0 fully saturated rings. The number of carbonyl (C=O) groups is 1. The monoisotopic (exact) mass is 266 g/mol. The molecule has 0 unspecified atom stereocenters. The van der Waals surface area contributed by atoms with Crippen molar-refractivity contribution in [3.05, 3.63) is 18.0 Å². The van der Waals surface area contributed by atoms with Crippen LogP contribution in [0.1, 0.15) is 39.7 Å². The Hall–Kier alpha value is -1.36. The minimum absolute atomic E-state index is 0.0951. The average molecular weight is 266 g/mol. The first-order chi connectivity index (χ1) is 8.90. The van der Waals surface area contributed by atoms with E-state index in [1.165, 1.54) is 5.56 Å². The topological polar surface area (TPSA) is 61.0 Å². The molecule has 0 saturated carbocycles. The van der Waals surface area contributed by atoms with Crippen LogP contribution < -0.4 is 5.32 Å². The molecule has 0 atom stereocenters. The molecule has 2 N–H and O–H groups in total. The van der Waals surface area contributed by atoms with Gasteiger partial charge in [0, 0.05) is 11.7 Å². The highest BCUT2D eigenvalue weighted by Crippen LogP contribution is 2.02. The van der Waals surface area contributed by atoms with Crippen LogP contribution in [0.3, 0.4) is 0 Å². The van der Waals surface area contributed by atoms with Gasteiger partial charge in [0.15, 0.2) is 0 Å². The first-order valence-corrected chi connectivity index (χ1v) is 6.91. The van der Waals surface area contributed by atoms with E-state index in [-0.39, 0.29) is 11.4 Å². The van der Waals surface area contributed by atoms with Crippen LogP contribution in [0, 0.1) is 0 Å². The molecule has 0 aromatic carbocycles. The molecule has 0 spiro atoms. The lowest BCUT2D eigenvalue weighted by Crippen LogP contribution is -2.46. The van der Waals surface area contributed by atoms with E-state index >= 15 is 0 Å². The Bertz CT molecular complexity index is 367. The molecule has 19 heavy (non-hydrogen) atoms. The smallest absolute Gasteiger partial charge is 0.234 e. The summed E-state index contributed by atoms with van der Waals surface area (Å²) in [5.41, 5.74) is 1.06. The van der Waals surface area contributed by atoms with Crippen LogP contribution in [0.5, 0.6) is 0 Å². The Morgan fingerprint density at radius 3 is 2.74 bits per heavy atom. The van der Waals surface area contributed by atoms with Gasteiger partial charge in [0.25, 0.3) is 0 Å². The predicted molar refractivity (Wildman–Crippen MR) is 76.9 cm³/mol. The lowest BCUT2D eigenvalue weighted by atomic mass is 10.1. The zero-order chi connectivity index (χ0) is 14.3. The Labute approximate surface area is 115 Å². The molecule has 5 heteroatoms. The maximum atomic E-state index is 11.9. The lowest BCUT2D eigenvalue weighted by molar-refractivity contribution is -0.123. The number of nitrogens with one attached hydrogen (secondary N) is 2. The van der Waals surface area contributed by atoms with E-state index in [0.29, 0.717) is 6.54 Å². The standard InChI is InChI=1S/C14H26N4O/c1-5-18(11-13(19)17-14(2,3)4)8-6-7-12-9-15-16-10-12/h9-10H,5-8,11H2,1-4H3,(H,15,16)(H,17,19). The molecule has 1 heterocycles. The summed E-state index contributed by atoms with van der Waals surface area (Å²) < 4.78 is 0. The Kier molecular flexibility index (Phi) is 6.02. The number of hydrogen-bond acceptors (Lipinski definition) is 3. The van der Waals surface area contributed by atoms with Crippen molar-refractivity contribution in [2.45, 2.75) is 46.1 Å². The fourth-order valence-electron chi connectivity index (χ4n) is 1.93. The maximum absolute atomic E-state index is 11.9. The van der Waals surface area contributed by atoms with Gasteiger partial charge in [-0.1, -0.05) is 6.92 Å². The molecule has 1 amide bonds. The van der Waals surface area contributed by atoms with Crippen molar-refractivity contribution in [2.24, 2.45) is 0 Å². The molecule has 1 aromatic rings. The number of aryl methyl sites for hydroxylation is 1. The van der Waals surface area contributed by atoms with Gasteiger partial charge in [-0.25, -0.2) is 0 Å². The average Bonchev–Trinajstić information content (AvgIpc) is 2.78. The molecular formula is C14H26N4O. The van der Waals surface area contributed by atoms with E-state index in [1.807, 2.05) is 33.2 Å². The van der Waals surface area contributed by atoms with E-state index in [2.05, 4.69) is 27.3 Å². The normalized spacial score (nSPS) is 11.8. The number of likely N-dealkylation sites (N-methyl/N-ethyl adjacent to an activating group) is 1. The van der Waals surface area contributed by atoms with Gasteiger partial charge in [-0.05, 0) is 52.3 Å². The van der Waals surface area contributed by atoms with Crippen molar-refractivity contribution in [1.29, 1.82) is 0 Å². The molecular weight excluding hydrogens is 240 g/mol. The van der Waals surface area contributed by atoms with Crippen molar-refractivity contribution >= 4 is 5.91 Å². The van der Waals surface area contributed by atoms with Gasteiger partial charge >= 0.3 is 0 Å². The third-order valence-corrected chi connectivity index (χ3v) is 2.82. The number of rotatable bonds is 7. The van der Waals surface area contributed by atoms with Gasteiger partial charge in [-0.2, -0.15) is 5.10 Å². The Balaban J connectivity index is 2.27. The van der Waals surface area contributed by atoms with Crippen LogP contribution in [0.15, 0.2) is 12.4 Å². The SMILES string of the molecule is CCN(CCCc1cn[nH]c1)CC(=O)NC(C)(C)C. The molecule has 0 saturated heterocycles. The number of amides is 1. The first kappa shape index (κ1) is 15.7. The summed E-state index contributed by atoms with van der Waals surface area (Å²) in [6.45, 7) is 10.4. The van der Waals surface area contributed by atoms with Crippen molar-refractivity contribution < 1.29 is 4.79 Å². The third-order valence-electron chi connectivity index (χ3n) is 2.82. The summed E-state index contributed by atoms with van der Waals surface area (Å²) in [7, 11) is 0.